The maximum atomic E-state index is 10.0. The quantitative estimate of drug-likeness (QED) is 0.844. The lowest BCUT2D eigenvalue weighted by Gasteiger charge is -2.41. The summed E-state index contributed by atoms with van der Waals surface area (Å²) in [5.74, 6) is 0.382. The van der Waals surface area contributed by atoms with Gasteiger partial charge in [0.1, 0.15) is 0 Å². The number of pyridine rings is 1. The second kappa shape index (κ2) is 5.78. The van der Waals surface area contributed by atoms with Crippen LogP contribution in [0.3, 0.4) is 0 Å². The minimum Gasteiger partial charge on any atom is -0.392 e. The molecule has 1 aromatic rings. The number of aliphatic hydroxyl groups excluding tert-OH is 1. The first-order valence-corrected chi connectivity index (χ1v) is 6.67. The van der Waals surface area contributed by atoms with Gasteiger partial charge in [0, 0.05) is 31.0 Å². The summed E-state index contributed by atoms with van der Waals surface area (Å²) < 4.78 is 0. The van der Waals surface area contributed by atoms with Crippen LogP contribution in [-0.4, -0.2) is 40.2 Å². The van der Waals surface area contributed by atoms with E-state index in [1.807, 2.05) is 19.1 Å². The number of nitrogens with two attached hydrogens (primary N) is 1. The van der Waals surface area contributed by atoms with E-state index in [1.54, 1.807) is 12.4 Å². The van der Waals surface area contributed by atoms with Crippen LogP contribution in [0.25, 0.3) is 0 Å². The minimum absolute atomic E-state index is 0.0352. The number of aromatic nitrogens is 1. The Kier molecular flexibility index (Phi) is 4.32. The fourth-order valence-electron chi connectivity index (χ4n) is 2.73. The van der Waals surface area contributed by atoms with Crippen LogP contribution in [0.2, 0.25) is 0 Å². The Labute approximate surface area is 109 Å². The lowest BCUT2D eigenvalue weighted by Crippen LogP contribution is -2.48. The summed E-state index contributed by atoms with van der Waals surface area (Å²) in [7, 11) is 0. The predicted molar refractivity (Wildman–Crippen MR) is 72.0 cm³/mol. The summed E-state index contributed by atoms with van der Waals surface area (Å²) in [6, 6.07) is 4.22. The molecule has 100 valence electrons. The Morgan fingerprint density at radius 3 is 2.67 bits per heavy atom. The second-order valence-electron chi connectivity index (χ2n) is 5.41. The third kappa shape index (κ3) is 2.88. The number of rotatable bonds is 3. The number of hydrogen-bond acceptors (Lipinski definition) is 4. The third-order valence-corrected chi connectivity index (χ3v) is 3.89. The van der Waals surface area contributed by atoms with Crippen LogP contribution in [0, 0.1) is 5.92 Å². The normalized spacial score (nSPS) is 28.9. The van der Waals surface area contributed by atoms with Crippen molar-refractivity contribution in [3.05, 3.63) is 30.1 Å². The Hall–Kier alpha value is -0.970. The van der Waals surface area contributed by atoms with Crippen molar-refractivity contribution in [3.63, 3.8) is 0 Å². The molecule has 0 bridgehead atoms. The summed E-state index contributed by atoms with van der Waals surface area (Å²) in [5.41, 5.74) is 7.32. The number of β-amino-alcohol motifs (C(OH)–C–C–N with tert-alkyl or cyclic N) is 1. The van der Waals surface area contributed by atoms with E-state index < -0.39 is 0 Å². The monoisotopic (exact) mass is 249 g/mol. The van der Waals surface area contributed by atoms with Crippen LogP contribution in [0.5, 0.6) is 0 Å². The number of nitrogens with zero attached hydrogens (tertiary/aromatic N) is 2. The van der Waals surface area contributed by atoms with E-state index in [4.69, 9.17) is 5.73 Å². The average molecular weight is 249 g/mol. The Balaban J connectivity index is 2.16. The van der Waals surface area contributed by atoms with Crippen LogP contribution in [-0.2, 0) is 0 Å². The molecule has 4 unspecified atom stereocenters. The van der Waals surface area contributed by atoms with Crippen LogP contribution in [0.4, 0.5) is 0 Å². The molecule has 0 saturated carbocycles. The van der Waals surface area contributed by atoms with Gasteiger partial charge >= 0.3 is 0 Å². The summed E-state index contributed by atoms with van der Waals surface area (Å²) in [6.07, 6.45) is 4.37. The Morgan fingerprint density at radius 1 is 1.44 bits per heavy atom. The van der Waals surface area contributed by atoms with Crippen LogP contribution < -0.4 is 5.73 Å². The first kappa shape index (κ1) is 13.5. The number of piperidine rings is 1. The van der Waals surface area contributed by atoms with E-state index >= 15 is 0 Å². The molecule has 4 atom stereocenters. The van der Waals surface area contributed by atoms with Crippen molar-refractivity contribution in [2.45, 2.75) is 38.5 Å². The van der Waals surface area contributed by atoms with Crippen molar-refractivity contribution in [3.8, 4) is 0 Å². The molecule has 2 rings (SSSR count). The maximum absolute atomic E-state index is 10.0. The highest BCUT2D eigenvalue weighted by Crippen LogP contribution is 2.28. The van der Waals surface area contributed by atoms with E-state index in [-0.39, 0.29) is 18.2 Å². The van der Waals surface area contributed by atoms with Crippen molar-refractivity contribution in [2.24, 2.45) is 11.7 Å². The molecule has 18 heavy (non-hydrogen) atoms. The molecular formula is C14H23N3O. The van der Waals surface area contributed by atoms with Crippen molar-refractivity contribution in [1.29, 1.82) is 0 Å². The summed E-state index contributed by atoms with van der Waals surface area (Å²) >= 11 is 0. The third-order valence-electron chi connectivity index (χ3n) is 3.89. The molecular weight excluding hydrogens is 226 g/mol. The van der Waals surface area contributed by atoms with Gasteiger partial charge in [-0.05, 0) is 43.5 Å². The van der Waals surface area contributed by atoms with Crippen LogP contribution in [0.1, 0.15) is 31.9 Å². The molecule has 0 spiro atoms. The topological polar surface area (TPSA) is 62.4 Å². The largest absolute Gasteiger partial charge is 0.392 e. The Bertz CT molecular complexity index is 369. The average Bonchev–Trinajstić information content (AvgIpc) is 2.35. The first-order chi connectivity index (χ1) is 8.59. The van der Waals surface area contributed by atoms with Gasteiger partial charge in [-0.15, -0.1) is 0 Å². The lowest BCUT2D eigenvalue weighted by molar-refractivity contribution is 0.00538. The molecule has 4 nitrogen and oxygen atoms in total. The SMILES string of the molecule is CC(N)C(c1ccncc1)N1CCC(C)C(O)C1. The van der Waals surface area contributed by atoms with Gasteiger partial charge in [-0.3, -0.25) is 9.88 Å². The highest BCUT2D eigenvalue weighted by Gasteiger charge is 2.31. The number of hydrogen-bond donors (Lipinski definition) is 2. The van der Waals surface area contributed by atoms with Gasteiger partial charge in [0.2, 0.25) is 0 Å². The van der Waals surface area contributed by atoms with Gasteiger partial charge in [-0.1, -0.05) is 6.92 Å². The molecule has 1 fully saturated rings. The van der Waals surface area contributed by atoms with Crippen LogP contribution in [0.15, 0.2) is 24.5 Å². The molecule has 1 saturated heterocycles. The van der Waals surface area contributed by atoms with Crippen molar-refractivity contribution in [2.75, 3.05) is 13.1 Å². The van der Waals surface area contributed by atoms with Crippen molar-refractivity contribution < 1.29 is 5.11 Å². The fraction of sp³-hybridized carbons (Fsp3) is 0.643. The van der Waals surface area contributed by atoms with E-state index in [0.29, 0.717) is 12.5 Å². The predicted octanol–water partition coefficient (Wildman–Crippen LogP) is 1.17. The molecule has 0 radical (unpaired) electrons. The van der Waals surface area contributed by atoms with Gasteiger partial charge in [0.15, 0.2) is 0 Å². The molecule has 0 aliphatic carbocycles. The number of aliphatic hydroxyl groups is 1. The van der Waals surface area contributed by atoms with E-state index in [2.05, 4.69) is 16.8 Å². The molecule has 0 aromatic carbocycles. The van der Waals surface area contributed by atoms with Crippen molar-refractivity contribution >= 4 is 0 Å². The highest BCUT2D eigenvalue weighted by atomic mass is 16.3. The van der Waals surface area contributed by atoms with Gasteiger partial charge in [-0.25, -0.2) is 0 Å². The van der Waals surface area contributed by atoms with Crippen LogP contribution >= 0.6 is 0 Å². The molecule has 2 heterocycles. The molecule has 1 aromatic heterocycles. The first-order valence-electron chi connectivity index (χ1n) is 6.67. The number of likely N-dealkylation sites (tertiary alicyclic amines) is 1. The van der Waals surface area contributed by atoms with Gasteiger partial charge in [0.05, 0.1) is 6.10 Å². The molecule has 3 N–H and O–H groups in total. The minimum atomic E-state index is -0.248. The molecule has 1 aliphatic heterocycles. The summed E-state index contributed by atoms with van der Waals surface area (Å²) in [6.45, 7) is 5.83. The standard InChI is InChI=1S/C14H23N3O/c1-10-5-8-17(9-13(10)18)14(11(2)15)12-3-6-16-7-4-12/h3-4,6-7,10-11,13-14,18H,5,8-9,15H2,1-2H3. The van der Waals surface area contributed by atoms with Gasteiger partial charge < -0.3 is 10.8 Å². The molecule has 0 amide bonds. The van der Waals surface area contributed by atoms with Crippen molar-refractivity contribution in [1.82, 2.24) is 9.88 Å². The zero-order valence-corrected chi connectivity index (χ0v) is 11.2. The highest BCUT2D eigenvalue weighted by molar-refractivity contribution is 5.17. The second-order valence-corrected chi connectivity index (χ2v) is 5.41. The molecule has 4 heteroatoms. The van der Waals surface area contributed by atoms with Gasteiger partial charge in [-0.2, -0.15) is 0 Å². The fourth-order valence-corrected chi connectivity index (χ4v) is 2.73. The zero-order valence-electron chi connectivity index (χ0n) is 11.2. The zero-order chi connectivity index (χ0) is 13.1. The molecule has 1 aliphatic rings. The lowest BCUT2D eigenvalue weighted by atomic mass is 9.91. The van der Waals surface area contributed by atoms with E-state index in [1.165, 1.54) is 5.56 Å². The smallest absolute Gasteiger partial charge is 0.0693 e. The van der Waals surface area contributed by atoms with Gasteiger partial charge in [0.25, 0.3) is 0 Å². The summed E-state index contributed by atoms with van der Waals surface area (Å²) in [4.78, 5) is 6.35. The van der Waals surface area contributed by atoms with E-state index in [0.717, 1.165) is 13.0 Å². The maximum Gasteiger partial charge on any atom is 0.0693 e. The summed E-state index contributed by atoms with van der Waals surface area (Å²) in [5, 5.41) is 10.0. The Morgan fingerprint density at radius 2 is 2.11 bits per heavy atom. The van der Waals surface area contributed by atoms with E-state index in [9.17, 15) is 5.11 Å².